The normalized spacial score (nSPS) is 20.3. The number of rotatable bonds is 4. The van der Waals surface area contributed by atoms with Gasteiger partial charge in [0.25, 0.3) is 0 Å². The molecule has 2 heterocycles. The lowest BCUT2D eigenvalue weighted by atomic mass is 9.92. The fourth-order valence-electron chi connectivity index (χ4n) is 2.51. The van der Waals surface area contributed by atoms with E-state index in [4.69, 9.17) is 5.11 Å². The maximum absolute atomic E-state index is 10.7. The van der Waals surface area contributed by atoms with Crippen LogP contribution in [0.5, 0.6) is 0 Å². The van der Waals surface area contributed by atoms with Crippen LogP contribution in [0.4, 0.5) is 0 Å². The summed E-state index contributed by atoms with van der Waals surface area (Å²) in [4.78, 5) is 13.1. The molecule has 0 amide bonds. The molecule has 1 N–H and O–H groups in total. The number of hydrogen-bond donors (Lipinski definition) is 1. The van der Waals surface area contributed by atoms with Gasteiger partial charge >= 0.3 is 5.97 Å². The Morgan fingerprint density at radius 2 is 2.29 bits per heavy atom. The molecule has 4 heteroatoms. The van der Waals surface area contributed by atoms with Gasteiger partial charge in [-0.1, -0.05) is 0 Å². The fourth-order valence-corrected chi connectivity index (χ4v) is 3.26. The van der Waals surface area contributed by atoms with Crippen molar-refractivity contribution in [3.63, 3.8) is 0 Å². The topological polar surface area (TPSA) is 40.5 Å². The maximum atomic E-state index is 10.7. The molecular formula is C13H19NO2S. The molecule has 1 aliphatic heterocycles. The van der Waals surface area contributed by atoms with Gasteiger partial charge < -0.3 is 5.11 Å². The van der Waals surface area contributed by atoms with Crippen LogP contribution in [-0.4, -0.2) is 29.1 Å². The molecule has 1 aromatic heterocycles. The number of aliphatic carboxylic acids is 1. The summed E-state index contributed by atoms with van der Waals surface area (Å²) in [5.41, 5.74) is 1.38. The number of thiophene rings is 1. The monoisotopic (exact) mass is 253 g/mol. The van der Waals surface area contributed by atoms with E-state index in [-0.39, 0.29) is 0 Å². The van der Waals surface area contributed by atoms with Crippen molar-refractivity contribution in [2.75, 3.05) is 13.1 Å². The average molecular weight is 253 g/mol. The number of likely N-dealkylation sites (tertiary alicyclic amines) is 1. The smallest absolute Gasteiger partial charge is 0.303 e. The van der Waals surface area contributed by atoms with E-state index in [2.05, 4.69) is 28.7 Å². The van der Waals surface area contributed by atoms with Gasteiger partial charge in [-0.3, -0.25) is 9.69 Å². The zero-order valence-electron chi connectivity index (χ0n) is 10.1. The van der Waals surface area contributed by atoms with Crippen molar-refractivity contribution in [1.82, 2.24) is 4.90 Å². The summed E-state index contributed by atoms with van der Waals surface area (Å²) >= 11 is 1.74. The largest absolute Gasteiger partial charge is 0.481 e. The quantitative estimate of drug-likeness (QED) is 0.896. The minimum Gasteiger partial charge on any atom is -0.481 e. The highest BCUT2D eigenvalue weighted by Crippen LogP contribution is 2.28. The molecule has 17 heavy (non-hydrogen) atoms. The lowest BCUT2D eigenvalue weighted by Crippen LogP contribution is -2.36. The highest BCUT2D eigenvalue weighted by Gasteiger charge is 2.24. The van der Waals surface area contributed by atoms with Gasteiger partial charge in [-0.15, -0.1) is 0 Å². The van der Waals surface area contributed by atoms with Crippen molar-refractivity contribution in [3.8, 4) is 0 Å². The fraction of sp³-hybridized carbons (Fsp3) is 0.615. The lowest BCUT2D eigenvalue weighted by molar-refractivity contribution is -0.138. The molecule has 0 radical (unpaired) electrons. The second kappa shape index (κ2) is 5.65. The Labute approximate surface area is 106 Å². The summed E-state index contributed by atoms with van der Waals surface area (Å²) in [5.74, 6) is -0.284. The molecule has 1 unspecified atom stereocenters. The minimum atomic E-state index is -0.658. The van der Waals surface area contributed by atoms with E-state index in [0.29, 0.717) is 18.4 Å². The van der Waals surface area contributed by atoms with Gasteiger partial charge in [0, 0.05) is 12.5 Å². The van der Waals surface area contributed by atoms with Crippen LogP contribution >= 0.6 is 11.3 Å². The summed E-state index contributed by atoms with van der Waals surface area (Å²) < 4.78 is 0. The molecule has 94 valence electrons. The van der Waals surface area contributed by atoms with Crippen LogP contribution in [0.1, 0.15) is 37.8 Å². The van der Waals surface area contributed by atoms with Gasteiger partial charge in [-0.25, -0.2) is 0 Å². The van der Waals surface area contributed by atoms with Gasteiger partial charge in [0.1, 0.15) is 0 Å². The van der Waals surface area contributed by atoms with Crippen LogP contribution in [0.25, 0.3) is 0 Å². The van der Waals surface area contributed by atoms with Gasteiger partial charge in [0.2, 0.25) is 0 Å². The van der Waals surface area contributed by atoms with Crippen molar-refractivity contribution in [2.24, 2.45) is 5.92 Å². The van der Waals surface area contributed by atoms with Crippen molar-refractivity contribution in [3.05, 3.63) is 22.4 Å². The van der Waals surface area contributed by atoms with E-state index >= 15 is 0 Å². The molecule has 0 spiro atoms. The molecule has 0 aromatic carbocycles. The Kier molecular flexibility index (Phi) is 4.18. The average Bonchev–Trinajstić information content (AvgIpc) is 2.82. The third-order valence-corrected chi connectivity index (χ3v) is 4.39. The number of carboxylic acids is 1. The summed E-state index contributed by atoms with van der Waals surface area (Å²) in [5, 5.41) is 13.1. The van der Waals surface area contributed by atoms with E-state index in [1.165, 1.54) is 5.56 Å². The molecule has 0 saturated carbocycles. The molecule has 1 aliphatic rings. The first-order valence-electron chi connectivity index (χ1n) is 6.14. The Hall–Kier alpha value is -0.870. The Bertz CT molecular complexity index is 356. The number of nitrogens with zero attached hydrogens (tertiary/aromatic N) is 1. The van der Waals surface area contributed by atoms with Gasteiger partial charge in [0.15, 0.2) is 0 Å². The first-order valence-corrected chi connectivity index (χ1v) is 7.09. The van der Waals surface area contributed by atoms with E-state index in [1.807, 2.05) is 0 Å². The van der Waals surface area contributed by atoms with Gasteiger partial charge in [-0.2, -0.15) is 11.3 Å². The molecule has 1 atom stereocenters. The standard InChI is InChI=1S/C13H19NO2S/c1-10(12-4-7-17-9-12)14-5-2-11(3-6-14)8-13(15)16/h4,7,9-11H,2-3,5-6,8H2,1H3,(H,15,16). The van der Waals surface area contributed by atoms with Crippen LogP contribution in [0.3, 0.4) is 0 Å². The van der Waals surface area contributed by atoms with Crippen molar-refractivity contribution >= 4 is 17.3 Å². The summed E-state index contributed by atoms with van der Waals surface area (Å²) in [6, 6.07) is 2.64. The van der Waals surface area contributed by atoms with Crippen molar-refractivity contribution in [1.29, 1.82) is 0 Å². The lowest BCUT2D eigenvalue weighted by Gasteiger charge is -2.35. The third kappa shape index (κ3) is 3.30. The van der Waals surface area contributed by atoms with E-state index in [9.17, 15) is 4.79 Å². The number of hydrogen-bond acceptors (Lipinski definition) is 3. The summed E-state index contributed by atoms with van der Waals surface area (Å²) in [6.07, 6.45) is 2.36. The second-order valence-electron chi connectivity index (χ2n) is 4.81. The Morgan fingerprint density at radius 3 is 2.82 bits per heavy atom. The minimum absolute atomic E-state index is 0.334. The summed E-state index contributed by atoms with van der Waals surface area (Å²) in [7, 11) is 0. The van der Waals surface area contributed by atoms with E-state index < -0.39 is 5.97 Å². The maximum Gasteiger partial charge on any atom is 0.303 e. The van der Waals surface area contributed by atoms with Crippen molar-refractivity contribution < 1.29 is 9.90 Å². The van der Waals surface area contributed by atoms with Gasteiger partial charge in [0.05, 0.1) is 0 Å². The summed E-state index contributed by atoms with van der Waals surface area (Å²) in [6.45, 7) is 4.28. The molecule has 3 nitrogen and oxygen atoms in total. The number of piperidine rings is 1. The Balaban J connectivity index is 1.84. The highest BCUT2D eigenvalue weighted by molar-refractivity contribution is 7.07. The first kappa shape index (κ1) is 12.6. The number of carbonyl (C=O) groups is 1. The van der Waals surface area contributed by atoms with E-state index in [0.717, 1.165) is 25.9 Å². The van der Waals surface area contributed by atoms with Crippen LogP contribution in [0.15, 0.2) is 16.8 Å². The predicted octanol–water partition coefficient (Wildman–Crippen LogP) is 3.00. The van der Waals surface area contributed by atoms with Crippen LogP contribution in [-0.2, 0) is 4.79 Å². The van der Waals surface area contributed by atoms with Gasteiger partial charge in [-0.05, 0) is 61.2 Å². The SMILES string of the molecule is CC(c1ccsc1)N1CCC(CC(=O)O)CC1. The zero-order valence-corrected chi connectivity index (χ0v) is 10.9. The molecule has 2 rings (SSSR count). The van der Waals surface area contributed by atoms with E-state index in [1.54, 1.807) is 11.3 Å². The van der Waals surface area contributed by atoms with Crippen molar-refractivity contribution in [2.45, 2.75) is 32.2 Å². The molecule has 0 bridgehead atoms. The second-order valence-corrected chi connectivity index (χ2v) is 5.59. The number of carboxylic acid groups (broad SMARTS) is 1. The van der Waals surface area contributed by atoms with Crippen LogP contribution in [0.2, 0.25) is 0 Å². The van der Waals surface area contributed by atoms with Crippen LogP contribution in [0, 0.1) is 5.92 Å². The molecule has 0 aliphatic carbocycles. The Morgan fingerprint density at radius 1 is 1.59 bits per heavy atom. The molecule has 1 saturated heterocycles. The molecule has 1 aromatic rings. The third-order valence-electron chi connectivity index (χ3n) is 3.69. The molecule has 1 fully saturated rings. The van der Waals surface area contributed by atoms with Crippen LogP contribution < -0.4 is 0 Å². The zero-order chi connectivity index (χ0) is 12.3. The first-order chi connectivity index (χ1) is 8.16. The highest BCUT2D eigenvalue weighted by atomic mass is 32.1. The predicted molar refractivity (Wildman–Crippen MR) is 69.3 cm³/mol. The molecular weight excluding hydrogens is 234 g/mol.